The average Bonchev–Trinajstić information content (AvgIpc) is 2.86. The van der Waals surface area contributed by atoms with Crippen molar-refractivity contribution in [2.24, 2.45) is 29.1 Å². The highest BCUT2D eigenvalue weighted by molar-refractivity contribution is 5.72. The number of pyridine rings is 1. The Morgan fingerprint density at radius 1 is 1.18 bits per heavy atom. The second-order valence-electron chi connectivity index (χ2n) is 11.6. The van der Waals surface area contributed by atoms with Crippen LogP contribution >= 0.6 is 0 Å². The highest BCUT2D eigenvalue weighted by atomic mass is 14.7. The van der Waals surface area contributed by atoms with Gasteiger partial charge in [-0.15, -0.1) is 0 Å². The zero-order chi connectivity index (χ0) is 24.3. The van der Waals surface area contributed by atoms with Gasteiger partial charge in [0.05, 0.1) is 5.69 Å². The molecule has 1 nitrogen and oxygen atoms in total. The minimum Gasteiger partial charge on any atom is -0.256 e. The van der Waals surface area contributed by atoms with Gasteiger partial charge in [0.25, 0.3) is 0 Å². The topological polar surface area (TPSA) is 12.9 Å². The fourth-order valence-corrected chi connectivity index (χ4v) is 6.82. The molecule has 4 unspecified atom stereocenters. The lowest BCUT2D eigenvalue weighted by Gasteiger charge is -2.45. The van der Waals surface area contributed by atoms with Crippen LogP contribution in [0.1, 0.15) is 105 Å². The van der Waals surface area contributed by atoms with E-state index < -0.39 is 0 Å². The average molecular weight is 458 g/mol. The van der Waals surface area contributed by atoms with E-state index in [4.69, 9.17) is 4.98 Å². The molecular weight excluding hydrogens is 410 g/mol. The summed E-state index contributed by atoms with van der Waals surface area (Å²) in [7, 11) is 0. The van der Waals surface area contributed by atoms with Crippen LogP contribution in [0.15, 0.2) is 41.6 Å². The molecule has 0 aromatic carbocycles. The fraction of sp³-hybridized carbons (Fsp3) is 0.606. The minimum atomic E-state index is 0.117. The third kappa shape index (κ3) is 4.91. The molecule has 1 aromatic heterocycles. The van der Waals surface area contributed by atoms with Gasteiger partial charge in [0.15, 0.2) is 0 Å². The SMILES string of the molecule is CCC=CC(C)(C(C)CC)C1CC(C2CCCCC2)=C(C)C=C1c1nccc2c1=CC(C)CC=2. The predicted octanol–water partition coefficient (Wildman–Crippen LogP) is 8.00. The molecule has 1 aromatic rings. The predicted molar refractivity (Wildman–Crippen MR) is 149 cm³/mol. The molecule has 1 saturated carbocycles. The van der Waals surface area contributed by atoms with Crippen molar-refractivity contribution in [2.75, 3.05) is 0 Å². The molecule has 0 amide bonds. The maximum Gasteiger partial charge on any atom is 0.0740 e. The molecule has 0 saturated heterocycles. The van der Waals surface area contributed by atoms with E-state index in [2.05, 4.69) is 78.0 Å². The molecule has 4 atom stereocenters. The molecule has 0 spiro atoms. The van der Waals surface area contributed by atoms with Crippen LogP contribution in [0.4, 0.5) is 0 Å². The molecule has 0 N–H and O–H groups in total. The summed E-state index contributed by atoms with van der Waals surface area (Å²) in [6.07, 6.45) is 26.1. The lowest BCUT2D eigenvalue weighted by atomic mass is 9.59. The highest BCUT2D eigenvalue weighted by Gasteiger charge is 2.42. The summed E-state index contributed by atoms with van der Waals surface area (Å²) < 4.78 is 0. The van der Waals surface area contributed by atoms with Gasteiger partial charge in [0.2, 0.25) is 0 Å². The summed E-state index contributed by atoms with van der Waals surface area (Å²) in [5.74, 6) is 2.44. The van der Waals surface area contributed by atoms with E-state index in [0.29, 0.717) is 17.8 Å². The van der Waals surface area contributed by atoms with Gasteiger partial charge in [0.1, 0.15) is 0 Å². The van der Waals surface area contributed by atoms with Crippen LogP contribution in [-0.4, -0.2) is 4.98 Å². The lowest BCUT2D eigenvalue weighted by molar-refractivity contribution is 0.192. The van der Waals surface area contributed by atoms with Gasteiger partial charge < -0.3 is 0 Å². The Bertz CT molecular complexity index is 1080. The number of nitrogens with zero attached hydrogens (tertiary/aromatic N) is 1. The van der Waals surface area contributed by atoms with Crippen LogP contribution in [0, 0.1) is 29.1 Å². The lowest BCUT2D eigenvalue weighted by Crippen LogP contribution is -2.39. The van der Waals surface area contributed by atoms with Crippen LogP contribution in [0.25, 0.3) is 17.7 Å². The van der Waals surface area contributed by atoms with Crippen molar-refractivity contribution in [2.45, 2.75) is 99.3 Å². The highest BCUT2D eigenvalue weighted by Crippen LogP contribution is 2.52. The van der Waals surface area contributed by atoms with Gasteiger partial charge in [-0.1, -0.05) is 102 Å². The van der Waals surface area contributed by atoms with E-state index in [9.17, 15) is 0 Å². The van der Waals surface area contributed by atoms with Crippen LogP contribution in [0.3, 0.4) is 0 Å². The second kappa shape index (κ2) is 10.8. The normalized spacial score (nSPS) is 26.4. The molecule has 0 bridgehead atoms. The molecule has 3 aliphatic carbocycles. The maximum atomic E-state index is 5.09. The first-order valence-electron chi connectivity index (χ1n) is 14.1. The molecule has 1 heteroatoms. The van der Waals surface area contributed by atoms with Gasteiger partial charge in [-0.3, -0.25) is 4.98 Å². The van der Waals surface area contributed by atoms with Crippen LogP contribution in [0.5, 0.6) is 0 Å². The van der Waals surface area contributed by atoms with E-state index >= 15 is 0 Å². The number of hydrogen-bond acceptors (Lipinski definition) is 1. The van der Waals surface area contributed by atoms with E-state index in [1.54, 1.807) is 5.57 Å². The Morgan fingerprint density at radius 2 is 1.94 bits per heavy atom. The number of allylic oxidation sites excluding steroid dienone is 6. The molecule has 34 heavy (non-hydrogen) atoms. The summed E-state index contributed by atoms with van der Waals surface area (Å²) in [5.41, 5.74) is 6.12. The van der Waals surface area contributed by atoms with Gasteiger partial charge in [0, 0.05) is 11.4 Å². The number of hydrogen-bond donors (Lipinski definition) is 0. The quantitative estimate of drug-likeness (QED) is 0.378. The summed E-state index contributed by atoms with van der Waals surface area (Å²) in [5, 5.41) is 2.74. The van der Waals surface area contributed by atoms with Crippen molar-refractivity contribution >= 4 is 17.7 Å². The first-order chi connectivity index (χ1) is 16.4. The standard InChI is InChI=1S/C33H47N/c1-7-9-18-33(6,25(5)8-2)31-22-28(26-13-11-10-12-14-26)24(4)21-30(31)32-29-20-23(3)15-16-27(29)17-19-34-32/h9,16-21,23,25-26,31H,7-8,10-15,22H2,1-6H3. The molecular formula is C33H47N. The van der Waals surface area contributed by atoms with E-state index in [0.717, 1.165) is 18.8 Å². The van der Waals surface area contributed by atoms with Gasteiger partial charge in [-0.2, -0.15) is 0 Å². The molecule has 184 valence electrons. The molecule has 4 rings (SSSR count). The monoisotopic (exact) mass is 457 g/mol. The van der Waals surface area contributed by atoms with Crippen molar-refractivity contribution < 1.29 is 0 Å². The van der Waals surface area contributed by atoms with Crippen LogP contribution in [-0.2, 0) is 0 Å². The van der Waals surface area contributed by atoms with Crippen molar-refractivity contribution in [3.63, 3.8) is 0 Å². The Hall–Kier alpha value is -1.89. The summed E-state index contributed by atoms with van der Waals surface area (Å²) in [4.78, 5) is 5.09. The number of rotatable bonds is 7. The Labute approximate surface area is 208 Å². The molecule has 1 fully saturated rings. The number of fused-ring (bicyclic) bond motifs is 1. The molecule has 0 radical (unpaired) electrons. The zero-order valence-corrected chi connectivity index (χ0v) is 22.7. The Morgan fingerprint density at radius 3 is 2.65 bits per heavy atom. The summed E-state index contributed by atoms with van der Waals surface area (Å²) in [6.45, 7) is 14.4. The third-order valence-corrected chi connectivity index (χ3v) is 9.37. The van der Waals surface area contributed by atoms with Crippen molar-refractivity contribution in [1.82, 2.24) is 4.98 Å². The van der Waals surface area contributed by atoms with Crippen molar-refractivity contribution in [3.8, 4) is 0 Å². The first-order valence-corrected chi connectivity index (χ1v) is 14.1. The van der Waals surface area contributed by atoms with E-state index in [1.165, 1.54) is 72.2 Å². The Balaban J connectivity index is 1.92. The maximum absolute atomic E-state index is 5.09. The van der Waals surface area contributed by atoms with Gasteiger partial charge in [-0.05, 0) is 85.0 Å². The molecule has 3 aliphatic rings. The van der Waals surface area contributed by atoms with Crippen LogP contribution in [0.2, 0.25) is 0 Å². The Kier molecular flexibility index (Phi) is 8.01. The van der Waals surface area contributed by atoms with Gasteiger partial charge >= 0.3 is 0 Å². The fourth-order valence-electron chi connectivity index (χ4n) is 6.82. The minimum absolute atomic E-state index is 0.117. The van der Waals surface area contributed by atoms with Crippen molar-refractivity contribution in [3.05, 3.63) is 57.8 Å². The summed E-state index contributed by atoms with van der Waals surface area (Å²) >= 11 is 0. The van der Waals surface area contributed by atoms with Crippen LogP contribution < -0.4 is 10.4 Å². The largest absolute Gasteiger partial charge is 0.256 e. The third-order valence-electron chi connectivity index (χ3n) is 9.37. The van der Waals surface area contributed by atoms with Gasteiger partial charge in [-0.25, -0.2) is 0 Å². The second-order valence-corrected chi connectivity index (χ2v) is 11.6. The molecule has 0 aliphatic heterocycles. The van der Waals surface area contributed by atoms with Crippen molar-refractivity contribution in [1.29, 1.82) is 0 Å². The first kappa shape index (κ1) is 25.2. The summed E-state index contributed by atoms with van der Waals surface area (Å²) in [6, 6.07) is 2.21. The zero-order valence-electron chi connectivity index (χ0n) is 22.7. The van der Waals surface area contributed by atoms with E-state index in [1.807, 2.05) is 6.20 Å². The van der Waals surface area contributed by atoms with E-state index in [-0.39, 0.29) is 5.41 Å². The number of aromatic nitrogens is 1. The smallest absolute Gasteiger partial charge is 0.0740 e. The molecule has 1 heterocycles.